The lowest BCUT2D eigenvalue weighted by Crippen LogP contribution is -2.15. The quantitative estimate of drug-likeness (QED) is 0.445. The van der Waals surface area contributed by atoms with Gasteiger partial charge in [-0.15, -0.1) is 0 Å². The van der Waals surface area contributed by atoms with Gasteiger partial charge in [-0.25, -0.2) is 0 Å². The van der Waals surface area contributed by atoms with Crippen molar-refractivity contribution in [1.29, 1.82) is 0 Å². The Kier molecular flexibility index (Phi) is 6.42. The summed E-state index contributed by atoms with van der Waals surface area (Å²) in [5, 5.41) is 13.7. The van der Waals surface area contributed by atoms with E-state index in [1.807, 2.05) is 0 Å². The summed E-state index contributed by atoms with van der Waals surface area (Å²) < 4.78 is 13.4. The van der Waals surface area contributed by atoms with E-state index in [9.17, 15) is 14.5 Å². The zero-order chi connectivity index (χ0) is 14.3. The van der Waals surface area contributed by atoms with Crippen LogP contribution in [0, 0.1) is 21.8 Å². The van der Waals surface area contributed by atoms with Gasteiger partial charge in [-0.3, -0.25) is 10.1 Å². The lowest BCUT2D eigenvalue weighted by atomic mass is 10.1. The summed E-state index contributed by atoms with van der Waals surface area (Å²) in [5.74, 6) is -0.0483. The van der Waals surface area contributed by atoms with Crippen molar-refractivity contribution in [2.75, 3.05) is 6.54 Å². The largest absolute Gasteiger partial charge is 0.313 e. The molecule has 106 valence electrons. The number of hydrogen-bond acceptors (Lipinski definition) is 3. The molecule has 0 bridgehead atoms. The van der Waals surface area contributed by atoms with E-state index in [1.165, 1.54) is 25.0 Å². The fraction of sp³-hybridized carbons (Fsp3) is 0.571. The lowest BCUT2D eigenvalue weighted by molar-refractivity contribution is -0.387. The Balaban J connectivity index is 2.30. The van der Waals surface area contributed by atoms with Crippen LogP contribution >= 0.6 is 0 Å². The van der Waals surface area contributed by atoms with E-state index in [4.69, 9.17) is 0 Å². The molecule has 0 aliphatic heterocycles. The molecule has 0 saturated heterocycles. The van der Waals surface area contributed by atoms with Gasteiger partial charge in [0, 0.05) is 12.6 Å². The summed E-state index contributed by atoms with van der Waals surface area (Å²) in [6, 6.07) is 4.02. The summed E-state index contributed by atoms with van der Waals surface area (Å²) in [6.07, 6.45) is 3.49. The van der Waals surface area contributed by atoms with Gasteiger partial charge in [-0.1, -0.05) is 32.8 Å². The van der Waals surface area contributed by atoms with Gasteiger partial charge in [0.05, 0.1) is 4.92 Å². The van der Waals surface area contributed by atoms with E-state index in [0.717, 1.165) is 24.4 Å². The summed E-state index contributed by atoms with van der Waals surface area (Å²) in [6.45, 7) is 5.82. The van der Waals surface area contributed by atoms with Crippen LogP contribution in [-0.4, -0.2) is 11.5 Å². The Morgan fingerprint density at radius 3 is 2.68 bits per heavy atom. The Hall–Kier alpha value is -1.49. The number of nitro groups is 1. The van der Waals surface area contributed by atoms with Crippen LogP contribution in [0.2, 0.25) is 0 Å². The van der Waals surface area contributed by atoms with Crippen molar-refractivity contribution in [3.05, 3.63) is 39.7 Å². The maximum absolute atomic E-state index is 13.4. The van der Waals surface area contributed by atoms with Crippen molar-refractivity contribution in [1.82, 2.24) is 5.32 Å². The van der Waals surface area contributed by atoms with Gasteiger partial charge >= 0.3 is 5.69 Å². The Bertz CT molecular complexity index is 422. The van der Waals surface area contributed by atoms with Crippen LogP contribution in [0.4, 0.5) is 10.1 Å². The van der Waals surface area contributed by atoms with Crippen LogP contribution < -0.4 is 5.32 Å². The van der Waals surface area contributed by atoms with Gasteiger partial charge in [0.1, 0.15) is 0 Å². The first-order chi connectivity index (χ1) is 9.00. The van der Waals surface area contributed by atoms with Gasteiger partial charge in [-0.2, -0.15) is 4.39 Å². The van der Waals surface area contributed by atoms with Gasteiger partial charge < -0.3 is 5.32 Å². The summed E-state index contributed by atoms with van der Waals surface area (Å²) >= 11 is 0. The molecule has 4 nitrogen and oxygen atoms in total. The Labute approximate surface area is 113 Å². The molecule has 0 aliphatic rings. The smallest absolute Gasteiger partial charge is 0.304 e. The number of benzene rings is 1. The second-order valence-corrected chi connectivity index (χ2v) is 5.11. The monoisotopic (exact) mass is 268 g/mol. The molecule has 1 aromatic carbocycles. The fourth-order valence-corrected chi connectivity index (χ4v) is 1.84. The van der Waals surface area contributed by atoms with Gasteiger partial charge in [-0.05, 0) is 30.5 Å². The first kappa shape index (κ1) is 15.6. The zero-order valence-electron chi connectivity index (χ0n) is 11.5. The van der Waals surface area contributed by atoms with Crippen molar-refractivity contribution in [3.8, 4) is 0 Å². The molecule has 0 unspecified atom stereocenters. The SMILES string of the molecule is CC(C)CCCCNCc1ccc([N+](=O)[O-])c(F)c1. The highest BCUT2D eigenvalue weighted by Crippen LogP contribution is 2.17. The maximum Gasteiger partial charge on any atom is 0.304 e. The third kappa shape index (κ3) is 5.79. The highest BCUT2D eigenvalue weighted by Gasteiger charge is 2.13. The zero-order valence-corrected chi connectivity index (χ0v) is 11.5. The average Bonchev–Trinajstić information content (AvgIpc) is 2.32. The molecular formula is C14H21FN2O2. The maximum atomic E-state index is 13.4. The molecule has 0 fully saturated rings. The first-order valence-corrected chi connectivity index (χ1v) is 6.64. The van der Waals surface area contributed by atoms with Crippen molar-refractivity contribution in [3.63, 3.8) is 0 Å². The highest BCUT2D eigenvalue weighted by atomic mass is 19.1. The summed E-state index contributed by atoms with van der Waals surface area (Å²) in [5.41, 5.74) is 0.257. The minimum Gasteiger partial charge on any atom is -0.313 e. The minimum absolute atomic E-state index is 0.472. The van der Waals surface area contributed by atoms with E-state index >= 15 is 0 Å². The third-order valence-corrected chi connectivity index (χ3v) is 2.92. The second-order valence-electron chi connectivity index (χ2n) is 5.11. The highest BCUT2D eigenvalue weighted by molar-refractivity contribution is 5.34. The average molecular weight is 268 g/mol. The molecule has 1 rings (SSSR count). The molecule has 0 saturated carbocycles. The number of halogens is 1. The van der Waals surface area contributed by atoms with Crippen LogP contribution in [0.3, 0.4) is 0 Å². The number of rotatable bonds is 8. The molecule has 0 aromatic heterocycles. The summed E-state index contributed by atoms with van der Waals surface area (Å²) in [4.78, 5) is 9.76. The van der Waals surface area contributed by atoms with E-state index in [-0.39, 0.29) is 0 Å². The van der Waals surface area contributed by atoms with Crippen molar-refractivity contribution >= 4 is 5.69 Å². The topological polar surface area (TPSA) is 55.2 Å². The number of nitrogens with zero attached hydrogens (tertiary/aromatic N) is 1. The molecule has 0 heterocycles. The first-order valence-electron chi connectivity index (χ1n) is 6.64. The van der Waals surface area contributed by atoms with E-state index in [1.54, 1.807) is 6.07 Å². The molecule has 0 spiro atoms. The van der Waals surface area contributed by atoms with Crippen LogP contribution in [0.5, 0.6) is 0 Å². The molecule has 5 heteroatoms. The molecule has 0 atom stereocenters. The minimum atomic E-state index is -0.774. The van der Waals surface area contributed by atoms with Crippen molar-refractivity contribution in [2.24, 2.45) is 5.92 Å². The molecule has 0 amide bonds. The molecule has 1 aromatic rings. The second kappa shape index (κ2) is 7.84. The summed E-state index contributed by atoms with van der Waals surface area (Å²) in [7, 11) is 0. The standard InChI is InChI=1S/C14H21FN2O2/c1-11(2)5-3-4-8-16-10-12-6-7-14(17(18)19)13(15)9-12/h6-7,9,11,16H,3-5,8,10H2,1-2H3. The van der Waals surface area contributed by atoms with Crippen LogP contribution in [0.1, 0.15) is 38.7 Å². The third-order valence-electron chi connectivity index (χ3n) is 2.92. The van der Waals surface area contributed by atoms with E-state index < -0.39 is 16.4 Å². The fourth-order valence-electron chi connectivity index (χ4n) is 1.84. The Morgan fingerprint density at radius 1 is 1.37 bits per heavy atom. The molecule has 0 aliphatic carbocycles. The number of nitrogens with one attached hydrogen (secondary N) is 1. The van der Waals surface area contributed by atoms with Gasteiger partial charge in [0.2, 0.25) is 5.82 Å². The Morgan fingerprint density at radius 2 is 2.11 bits per heavy atom. The van der Waals surface area contributed by atoms with E-state index in [0.29, 0.717) is 6.54 Å². The predicted octanol–water partition coefficient (Wildman–Crippen LogP) is 3.65. The molecule has 19 heavy (non-hydrogen) atoms. The lowest BCUT2D eigenvalue weighted by Gasteiger charge is -2.06. The molecular weight excluding hydrogens is 247 g/mol. The van der Waals surface area contributed by atoms with Gasteiger partial charge in [0.25, 0.3) is 0 Å². The molecule has 1 N–H and O–H groups in total. The van der Waals surface area contributed by atoms with Crippen LogP contribution in [0.15, 0.2) is 18.2 Å². The number of nitro benzene ring substituents is 1. The van der Waals surface area contributed by atoms with Crippen LogP contribution in [0.25, 0.3) is 0 Å². The van der Waals surface area contributed by atoms with Crippen LogP contribution in [-0.2, 0) is 6.54 Å². The molecule has 0 radical (unpaired) electrons. The van der Waals surface area contributed by atoms with Gasteiger partial charge in [0.15, 0.2) is 0 Å². The van der Waals surface area contributed by atoms with E-state index in [2.05, 4.69) is 19.2 Å². The van der Waals surface area contributed by atoms with Crippen molar-refractivity contribution < 1.29 is 9.31 Å². The predicted molar refractivity (Wildman–Crippen MR) is 73.5 cm³/mol. The number of unbranched alkanes of at least 4 members (excludes halogenated alkanes) is 1. The normalized spacial score (nSPS) is 10.9. The van der Waals surface area contributed by atoms with Crippen molar-refractivity contribution in [2.45, 2.75) is 39.7 Å². The number of hydrogen-bond donors (Lipinski definition) is 1.